The Bertz CT molecular complexity index is 828. The highest BCUT2D eigenvalue weighted by Crippen LogP contribution is 2.31. The zero-order valence-electron chi connectivity index (χ0n) is 13.9. The molecule has 0 fully saturated rings. The van der Waals surface area contributed by atoms with Crippen LogP contribution in [0, 0.1) is 5.82 Å². The first-order valence-corrected chi connectivity index (χ1v) is 8.16. The van der Waals surface area contributed by atoms with E-state index in [1.54, 1.807) is 43.5 Å². The lowest BCUT2D eigenvalue weighted by Gasteiger charge is -2.12. The molecule has 0 aliphatic heterocycles. The average Bonchev–Trinajstić information content (AvgIpc) is 3.01. The van der Waals surface area contributed by atoms with E-state index in [1.807, 2.05) is 0 Å². The smallest absolute Gasteiger partial charge is 0.251 e. The van der Waals surface area contributed by atoms with E-state index in [0.29, 0.717) is 5.56 Å². The molecule has 2 aromatic carbocycles. The van der Waals surface area contributed by atoms with Gasteiger partial charge in [-0.2, -0.15) is 0 Å². The average molecular weight is 338 g/mol. The van der Waals surface area contributed by atoms with E-state index >= 15 is 0 Å². The Morgan fingerprint density at radius 2 is 1.92 bits per heavy atom. The van der Waals surface area contributed by atoms with Crippen LogP contribution in [-0.2, 0) is 11.2 Å². The van der Waals surface area contributed by atoms with E-state index in [4.69, 9.17) is 0 Å². The molecule has 3 rings (SSSR count). The van der Waals surface area contributed by atoms with Gasteiger partial charge >= 0.3 is 0 Å². The van der Waals surface area contributed by atoms with Gasteiger partial charge in [0.1, 0.15) is 5.82 Å². The number of benzene rings is 2. The van der Waals surface area contributed by atoms with Gasteiger partial charge < -0.3 is 10.6 Å². The molecule has 0 radical (unpaired) electrons. The van der Waals surface area contributed by atoms with Crippen molar-refractivity contribution in [3.05, 3.63) is 76.6 Å². The lowest BCUT2D eigenvalue weighted by molar-refractivity contribution is -0.117. The van der Waals surface area contributed by atoms with Gasteiger partial charge in [-0.3, -0.25) is 9.59 Å². The van der Waals surface area contributed by atoms with E-state index in [1.165, 1.54) is 18.2 Å². The quantitative estimate of drug-likeness (QED) is 0.842. The molecule has 128 valence electrons. The molecule has 4 nitrogen and oxygen atoms in total. The number of halogens is 1. The van der Waals surface area contributed by atoms with Gasteiger partial charge in [-0.05, 0) is 59.9 Å². The summed E-state index contributed by atoms with van der Waals surface area (Å²) in [4.78, 5) is 23.6. The molecule has 0 saturated carbocycles. The second-order valence-corrected chi connectivity index (χ2v) is 5.98. The highest BCUT2D eigenvalue weighted by atomic mass is 19.1. The Kier molecular flexibility index (Phi) is 4.93. The van der Waals surface area contributed by atoms with Crippen molar-refractivity contribution in [2.45, 2.75) is 18.9 Å². The topological polar surface area (TPSA) is 58.2 Å². The molecule has 0 unspecified atom stereocenters. The van der Waals surface area contributed by atoms with Gasteiger partial charge in [0, 0.05) is 18.7 Å². The summed E-state index contributed by atoms with van der Waals surface area (Å²) in [6, 6.07) is 11.6. The van der Waals surface area contributed by atoms with Gasteiger partial charge in [0.25, 0.3) is 5.91 Å². The van der Waals surface area contributed by atoms with Crippen LogP contribution in [0.5, 0.6) is 0 Å². The number of hydrogen-bond donors (Lipinski definition) is 2. The lowest BCUT2D eigenvalue weighted by atomic mass is 10.1. The van der Waals surface area contributed by atoms with Gasteiger partial charge in [0.05, 0.1) is 6.04 Å². The van der Waals surface area contributed by atoms with Crippen molar-refractivity contribution in [3.63, 3.8) is 0 Å². The summed E-state index contributed by atoms with van der Waals surface area (Å²) < 4.78 is 13.2. The van der Waals surface area contributed by atoms with Crippen LogP contribution in [0.3, 0.4) is 0 Å². The summed E-state index contributed by atoms with van der Waals surface area (Å²) in [5.41, 5.74) is 3.34. The number of fused-ring (bicyclic) bond motifs is 1. The fourth-order valence-electron chi connectivity index (χ4n) is 3.02. The first-order chi connectivity index (χ1) is 12.1. The number of hydrogen-bond acceptors (Lipinski definition) is 2. The van der Waals surface area contributed by atoms with Gasteiger partial charge in [-0.1, -0.05) is 18.2 Å². The van der Waals surface area contributed by atoms with Crippen molar-refractivity contribution in [3.8, 4) is 0 Å². The first kappa shape index (κ1) is 16.9. The summed E-state index contributed by atoms with van der Waals surface area (Å²) >= 11 is 0. The van der Waals surface area contributed by atoms with Gasteiger partial charge in [0.2, 0.25) is 5.91 Å². The van der Waals surface area contributed by atoms with E-state index in [0.717, 1.165) is 29.5 Å². The lowest BCUT2D eigenvalue weighted by Crippen LogP contribution is -2.25. The van der Waals surface area contributed by atoms with E-state index in [2.05, 4.69) is 10.6 Å². The second kappa shape index (κ2) is 7.30. The summed E-state index contributed by atoms with van der Waals surface area (Å²) in [5, 5.41) is 5.51. The zero-order chi connectivity index (χ0) is 17.8. The third-order valence-corrected chi connectivity index (χ3v) is 4.33. The molecule has 2 aromatic rings. The third-order valence-electron chi connectivity index (χ3n) is 4.33. The minimum atomic E-state index is -0.245. The highest BCUT2D eigenvalue weighted by molar-refractivity contribution is 5.95. The van der Waals surface area contributed by atoms with Crippen molar-refractivity contribution in [1.29, 1.82) is 0 Å². The van der Waals surface area contributed by atoms with Crippen molar-refractivity contribution < 1.29 is 14.0 Å². The van der Waals surface area contributed by atoms with Crippen molar-refractivity contribution >= 4 is 17.9 Å². The molecule has 0 heterocycles. The van der Waals surface area contributed by atoms with Crippen LogP contribution in [0.2, 0.25) is 0 Å². The molecule has 0 bridgehead atoms. The van der Waals surface area contributed by atoms with Crippen LogP contribution in [0.4, 0.5) is 4.39 Å². The summed E-state index contributed by atoms with van der Waals surface area (Å²) in [5.74, 6) is -0.590. The molecular weight excluding hydrogens is 319 g/mol. The van der Waals surface area contributed by atoms with E-state index in [-0.39, 0.29) is 23.7 Å². The maximum absolute atomic E-state index is 13.2. The number of nitrogens with one attached hydrogen (secondary N) is 2. The molecule has 2 amide bonds. The van der Waals surface area contributed by atoms with Gasteiger partial charge in [0.15, 0.2) is 0 Å². The van der Waals surface area contributed by atoms with Crippen molar-refractivity contribution in [2.24, 2.45) is 0 Å². The predicted octanol–water partition coefficient (Wildman–Crippen LogP) is 3.00. The van der Waals surface area contributed by atoms with Gasteiger partial charge in [-0.25, -0.2) is 4.39 Å². The molecule has 0 spiro atoms. The maximum Gasteiger partial charge on any atom is 0.251 e. The minimum Gasteiger partial charge on any atom is -0.355 e. The van der Waals surface area contributed by atoms with Crippen LogP contribution < -0.4 is 10.6 Å². The monoisotopic (exact) mass is 338 g/mol. The van der Waals surface area contributed by atoms with Crippen LogP contribution in [0.1, 0.15) is 39.5 Å². The van der Waals surface area contributed by atoms with Crippen molar-refractivity contribution in [1.82, 2.24) is 10.6 Å². The normalized spacial score (nSPS) is 15.8. The highest BCUT2D eigenvalue weighted by Gasteiger charge is 2.23. The molecular formula is C20H19FN2O2. The predicted molar refractivity (Wildman–Crippen MR) is 94.5 cm³/mol. The maximum atomic E-state index is 13.2. The largest absolute Gasteiger partial charge is 0.355 e. The summed E-state index contributed by atoms with van der Waals surface area (Å²) in [6.07, 6.45) is 4.71. The fourth-order valence-corrected chi connectivity index (χ4v) is 3.02. The molecule has 25 heavy (non-hydrogen) atoms. The number of carbonyl (C=O) groups excluding carboxylic acids is 2. The molecule has 0 saturated heterocycles. The Balaban J connectivity index is 1.62. The minimum absolute atomic E-state index is 0.0802. The van der Waals surface area contributed by atoms with Crippen LogP contribution >= 0.6 is 0 Å². The SMILES string of the molecule is CNC(=O)c1ccc(/C=C\C(=O)N[C@@H]2CCc3cc(F)ccc32)cc1. The molecule has 0 aromatic heterocycles. The number of aryl methyl sites for hydroxylation is 1. The molecule has 2 N–H and O–H groups in total. The second-order valence-electron chi connectivity index (χ2n) is 5.98. The van der Waals surface area contributed by atoms with Crippen LogP contribution in [0.15, 0.2) is 48.5 Å². The fraction of sp³-hybridized carbons (Fsp3) is 0.200. The summed E-state index contributed by atoms with van der Waals surface area (Å²) in [7, 11) is 1.58. The molecule has 1 aliphatic carbocycles. The Morgan fingerprint density at radius 1 is 1.16 bits per heavy atom. The zero-order valence-corrected chi connectivity index (χ0v) is 13.9. The standard InChI is InChI=1S/C20H19FN2O2/c1-22-20(25)14-5-2-13(3-6-14)4-11-19(24)23-18-10-7-15-12-16(21)8-9-17(15)18/h2-6,8-9,11-12,18H,7,10H2,1H3,(H,22,25)(H,23,24)/b11-4-/t18-/m1/s1. The number of carbonyl (C=O) groups is 2. The molecule has 5 heteroatoms. The van der Waals surface area contributed by atoms with Crippen LogP contribution in [-0.4, -0.2) is 18.9 Å². The molecule has 1 atom stereocenters. The van der Waals surface area contributed by atoms with Gasteiger partial charge in [-0.15, -0.1) is 0 Å². The van der Waals surface area contributed by atoms with E-state index in [9.17, 15) is 14.0 Å². The first-order valence-electron chi connectivity index (χ1n) is 8.16. The Hall–Kier alpha value is -2.95. The van der Waals surface area contributed by atoms with E-state index < -0.39 is 0 Å². The van der Waals surface area contributed by atoms with Crippen LogP contribution in [0.25, 0.3) is 6.08 Å². The summed E-state index contributed by atoms with van der Waals surface area (Å²) in [6.45, 7) is 0. The Labute approximate surface area is 145 Å². The number of amides is 2. The molecule has 1 aliphatic rings. The number of rotatable bonds is 4. The third kappa shape index (κ3) is 3.94. The Morgan fingerprint density at radius 3 is 2.64 bits per heavy atom. The van der Waals surface area contributed by atoms with Crippen molar-refractivity contribution in [2.75, 3.05) is 7.05 Å².